The zero-order chi connectivity index (χ0) is 15.6. The molecule has 23 heavy (non-hydrogen) atoms. The zero-order valence-corrected chi connectivity index (χ0v) is 14.2. The zero-order valence-electron chi connectivity index (χ0n) is 14.2. The van der Waals surface area contributed by atoms with Crippen molar-refractivity contribution in [3.05, 3.63) is 17.3 Å². The molecule has 5 nitrogen and oxygen atoms in total. The fourth-order valence-electron chi connectivity index (χ4n) is 4.04. The molecule has 4 rings (SSSR count). The lowest BCUT2D eigenvalue weighted by atomic mass is 9.96. The van der Waals surface area contributed by atoms with E-state index in [4.69, 9.17) is 4.74 Å². The Bertz CT molecular complexity index is 538. The number of likely N-dealkylation sites (N-methyl/N-ethyl adjacent to an activating group) is 1. The van der Waals surface area contributed by atoms with Gasteiger partial charge < -0.3 is 9.64 Å². The molecule has 0 atom stereocenters. The van der Waals surface area contributed by atoms with Gasteiger partial charge in [0.25, 0.3) is 0 Å². The molecule has 0 unspecified atom stereocenters. The van der Waals surface area contributed by atoms with E-state index in [2.05, 4.69) is 33.1 Å². The van der Waals surface area contributed by atoms with Crippen LogP contribution in [0.4, 0.5) is 5.82 Å². The summed E-state index contributed by atoms with van der Waals surface area (Å²) in [6.07, 6.45) is 7.30. The largest absolute Gasteiger partial charge is 0.381 e. The van der Waals surface area contributed by atoms with Crippen molar-refractivity contribution in [2.24, 2.45) is 5.92 Å². The third-order valence-electron chi connectivity index (χ3n) is 5.75. The van der Waals surface area contributed by atoms with Crippen molar-refractivity contribution >= 4 is 5.82 Å². The van der Waals surface area contributed by atoms with Crippen LogP contribution in [-0.4, -0.2) is 61.0 Å². The molecule has 1 aromatic heterocycles. The van der Waals surface area contributed by atoms with Crippen LogP contribution >= 0.6 is 0 Å². The van der Waals surface area contributed by atoms with E-state index in [9.17, 15) is 0 Å². The maximum atomic E-state index is 5.46. The molecule has 2 aliphatic heterocycles. The van der Waals surface area contributed by atoms with Crippen molar-refractivity contribution < 1.29 is 4.74 Å². The summed E-state index contributed by atoms with van der Waals surface area (Å²) < 4.78 is 5.46. The highest BCUT2D eigenvalue weighted by Crippen LogP contribution is 2.26. The summed E-state index contributed by atoms with van der Waals surface area (Å²) in [5, 5.41) is 8.93. The highest BCUT2D eigenvalue weighted by atomic mass is 16.5. The average molecular weight is 316 g/mol. The summed E-state index contributed by atoms with van der Waals surface area (Å²) in [5.74, 6) is 1.90. The van der Waals surface area contributed by atoms with Gasteiger partial charge in [-0.1, -0.05) is 0 Å². The summed E-state index contributed by atoms with van der Waals surface area (Å²) in [6.45, 7) is 5.28. The maximum absolute atomic E-state index is 5.46. The van der Waals surface area contributed by atoms with E-state index < -0.39 is 0 Å². The van der Waals surface area contributed by atoms with Crippen LogP contribution in [0.2, 0.25) is 0 Å². The fraction of sp³-hybridized carbons (Fsp3) is 0.778. The minimum absolute atomic E-state index is 0.663. The predicted molar refractivity (Wildman–Crippen MR) is 90.8 cm³/mol. The lowest BCUT2D eigenvalue weighted by Crippen LogP contribution is -2.59. The number of hydrogen-bond donors (Lipinski definition) is 0. The number of aryl methyl sites for hydroxylation is 2. The van der Waals surface area contributed by atoms with Crippen molar-refractivity contribution in [3.8, 4) is 0 Å². The van der Waals surface area contributed by atoms with Gasteiger partial charge in [-0.2, -0.15) is 5.10 Å². The maximum Gasteiger partial charge on any atom is 0.151 e. The topological polar surface area (TPSA) is 41.5 Å². The van der Waals surface area contributed by atoms with E-state index in [-0.39, 0.29) is 0 Å². The lowest BCUT2D eigenvalue weighted by Gasteiger charge is -2.45. The SMILES string of the molecule is CN(CC1CCOCC1)C1CN(c2cc3c(nn2)CCCC3)C1. The second-order valence-electron chi connectivity index (χ2n) is 7.44. The van der Waals surface area contributed by atoms with Gasteiger partial charge in [0.1, 0.15) is 0 Å². The van der Waals surface area contributed by atoms with Gasteiger partial charge in [0.15, 0.2) is 5.82 Å². The van der Waals surface area contributed by atoms with Gasteiger partial charge in [0.05, 0.1) is 5.69 Å². The highest BCUT2D eigenvalue weighted by molar-refractivity contribution is 5.45. The molecule has 5 heteroatoms. The van der Waals surface area contributed by atoms with E-state index in [0.29, 0.717) is 6.04 Å². The molecule has 1 aliphatic carbocycles. The summed E-state index contributed by atoms with van der Waals surface area (Å²) in [4.78, 5) is 4.92. The first-order chi connectivity index (χ1) is 11.3. The highest BCUT2D eigenvalue weighted by Gasteiger charge is 2.32. The van der Waals surface area contributed by atoms with Gasteiger partial charge in [-0.05, 0) is 63.1 Å². The number of aromatic nitrogens is 2. The normalized spacial score (nSPS) is 23.0. The first-order valence-electron chi connectivity index (χ1n) is 9.18. The molecule has 0 aromatic carbocycles. The summed E-state index contributed by atoms with van der Waals surface area (Å²) in [6, 6.07) is 2.95. The second-order valence-corrected chi connectivity index (χ2v) is 7.44. The molecule has 1 aromatic rings. The third-order valence-corrected chi connectivity index (χ3v) is 5.75. The van der Waals surface area contributed by atoms with Crippen LogP contribution in [0, 0.1) is 5.92 Å². The Balaban J connectivity index is 1.30. The number of rotatable bonds is 4. The van der Waals surface area contributed by atoms with Crippen LogP contribution in [0.25, 0.3) is 0 Å². The molecular formula is C18H28N4O. The minimum atomic E-state index is 0.663. The number of ether oxygens (including phenoxy) is 1. The lowest BCUT2D eigenvalue weighted by molar-refractivity contribution is 0.0480. The van der Waals surface area contributed by atoms with Crippen LogP contribution in [0.1, 0.15) is 36.9 Å². The van der Waals surface area contributed by atoms with Crippen LogP contribution < -0.4 is 4.90 Å². The quantitative estimate of drug-likeness (QED) is 0.849. The van der Waals surface area contributed by atoms with E-state index in [1.54, 1.807) is 0 Å². The minimum Gasteiger partial charge on any atom is -0.381 e. The Labute approximate surface area is 139 Å². The second kappa shape index (κ2) is 6.73. The summed E-state index contributed by atoms with van der Waals surface area (Å²) in [7, 11) is 2.27. The van der Waals surface area contributed by atoms with Crippen molar-refractivity contribution in [2.45, 2.75) is 44.6 Å². The Kier molecular flexibility index (Phi) is 4.49. The first-order valence-corrected chi connectivity index (χ1v) is 9.18. The molecule has 0 saturated carbocycles. The Morgan fingerprint density at radius 3 is 2.78 bits per heavy atom. The van der Waals surface area contributed by atoms with E-state index in [1.165, 1.54) is 49.9 Å². The van der Waals surface area contributed by atoms with Gasteiger partial charge in [-0.3, -0.25) is 4.90 Å². The Morgan fingerprint density at radius 2 is 1.96 bits per heavy atom. The number of nitrogens with zero attached hydrogens (tertiary/aromatic N) is 4. The van der Waals surface area contributed by atoms with E-state index >= 15 is 0 Å². The molecule has 0 amide bonds. The number of fused-ring (bicyclic) bond motifs is 1. The fourth-order valence-corrected chi connectivity index (χ4v) is 4.04. The van der Waals surface area contributed by atoms with Gasteiger partial charge >= 0.3 is 0 Å². The van der Waals surface area contributed by atoms with Gasteiger partial charge in [0, 0.05) is 38.9 Å². The molecule has 0 spiro atoms. The number of anilines is 1. The molecule has 0 radical (unpaired) electrons. The van der Waals surface area contributed by atoms with Crippen LogP contribution in [0.15, 0.2) is 6.07 Å². The average Bonchev–Trinajstić information content (AvgIpc) is 2.54. The van der Waals surface area contributed by atoms with Gasteiger partial charge in [0.2, 0.25) is 0 Å². The standard InChI is InChI=1S/C18H28N4O/c1-21(11-14-6-8-23-9-7-14)16-12-22(13-16)18-10-15-4-2-3-5-17(15)19-20-18/h10,14,16H,2-9,11-13H2,1H3. The molecule has 2 fully saturated rings. The monoisotopic (exact) mass is 316 g/mol. The molecule has 126 valence electrons. The van der Waals surface area contributed by atoms with E-state index in [0.717, 1.165) is 44.5 Å². The molecule has 3 heterocycles. The molecule has 0 N–H and O–H groups in total. The van der Waals surface area contributed by atoms with Crippen molar-refractivity contribution in [2.75, 3.05) is 44.8 Å². The van der Waals surface area contributed by atoms with Gasteiger partial charge in [-0.15, -0.1) is 5.10 Å². The molecular weight excluding hydrogens is 288 g/mol. The predicted octanol–water partition coefficient (Wildman–Crippen LogP) is 1.90. The summed E-state index contributed by atoms with van der Waals surface area (Å²) in [5.41, 5.74) is 2.66. The van der Waals surface area contributed by atoms with Crippen LogP contribution in [-0.2, 0) is 17.6 Å². The van der Waals surface area contributed by atoms with Crippen LogP contribution in [0.3, 0.4) is 0 Å². The number of hydrogen-bond acceptors (Lipinski definition) is 5. The van der Waals surface area contributed by atoms with Crippen molar-refractivity contribution in [1.29, 1.82) is 0 Å². The van der Waals surface area contributed by atoms with Crippen LogP contribution in [0.5, 0.6) is 0 Å². The molecule has 0 bridgehead atoms. The van der Waals surface area contributed by atoms with Gasteiger partial charge in [-0.25, -0.2) is 0 Å². The van der Waals surface area contributed by atoms with Crippen molar-refractivity contribution in [3.63, 3.8) is 0 Å². The van der Waals surface area contributed by atoms with Crippen molar-refractivity contribution in [1.82, 2.24) is 15.1 Å². The third kappa shape index (κ3) is 3.36. The molecule has 2 saturated heterocycles. The Hall–Kier alpha value is -1.20. The molecule has 3 aliphatic rings. The summed E-state index contributed by atoms with van der Waals surface area (Å²) >= 11 is 0. The smallest absolute Gasteiger partial charge is 0.151 e. The van der Waals surface area contributed by atoms with E-state index in [1.807, 2.05) is 0 Å². The first kappa shape index (κ1) is 15.3. The Morgan fingerprint density at radius 1 is 1.17 bits per heavy atom.